The lowest BCUT2D eigenvalue weighted by Crippen LogP contribution is -2.16. The minimum atomic E-state index is -0.253. The molecule has 0 unspecified atom stereocenters. The number of carbonyl (C=O) groups is 1. The van der Waals surface area contributed by atoms with Crippen LogP contribution >= 0.6 is 0 Å². The summed E-state index contributed by atoms with van der Waals surface area (Å²) in [6.45, 7) is 2.46. The minimum absolute atomic E-state index is 0.165. The molecule has 0 aliphatic carbocycles. The van der Waals surface area contributed by atoms with Crippen LogP contribution in [0.15, 0.2) is 72.8 Å². The van der Waals surface area contributed by atoms with Gasteiger partial charge < -0.3 is 19.3 Å². The zero-order valence-electron chi connectivity index (χ0n) is 27.3. The Hall–Kier alpha value is -4.43. The van der Waals surface area contributed by atoms with Crippen LogP contribution in [0.1, 0.15) is 86.1 Å². The molecular weight excluding hydrogens is 572 g/mol. The van der Waals surface area contributed by atoms with Gasteiger partial charge in [0.25, 0.3) is 0 Å². The van der Waals surface area contributed by atoms with Gasteiger partial charge in [0.1, 0.15) is 30.4 Å². The monoisotopic (exact) mass is 618 g/mol. The maximum atomic E-state index is 13.1. The second-order valence-corrected chi connectivity index (χ2v) is 12.3. The Morgan fingerprint density at radius 1 is 0.891 bits per heavy atom. The van der Waals surface area contributed by atoms with Gasteiger partial charge in [-0.05, 0) is 95.8 Å². The largest absolute Gasteiger partial charge is 0.508 e. The number of methoxy groups -OCH3 is 1. The first-order valence-electron chi connectivity index (χ1n) is 16.8. The summed E-state index contributed by atoms with van der Waals surface area (Å²) in [6, 6.07) is 24.6. The Kier molecular flexibility index (Phi) is 12.0. The van der Waals surface area contributed by atoms with Crippen LogP contribution in [0, 0.1) is 12.0 Å². The van der Waals surface area contributed by atoms with Gasteiger partial charge >= 0.3 is 0 Å². The number of carbonyl (C=O) groups excluding carboxylic acids is 1. The fourth-order valence-electron chi connectivity index (χ4n) is 6.27. The Morgan fingerprint density at radius 3 is 2.52 bits per heavy atom. The van der Waals surface area contributed by atoms with Crippen molar-refractivity contribution >= 4 is 16.6 Å². The van der Waals surface area contributed by atoms with Crippen LogP contribution in [0.5, 0.6) is 17.2 Å². The minimum Gasteiger partial charge on any atom is -0.508 e. The van der Waals surface area contributed by atoms with E-state index in [4.69, 9.17) is 14.2 Å². The number of phenolic OH excluding ortho intramolecular Hbond substituents is 1. The molecule has 2 heterocycles. The molecule has 0 spiro atoms. The summed E-state index contributed by atoms with van der Waals surface area (Å²) in [4.78, 5) is 13.1. The number of hydrogen-bond acceptors (Lipinski definition) is 5. The van der Waals surface area contributed by atoms with Gasteiger partial charge in [-0.15, -0.1) is 0 Å². The summed E-state index contributed by atoms with van der Waals surface area (Å²) in [5.41, 5.74) is 5.30. The van der Waals surface area contributed by atoms with E-state index in [1.54, 1.807) is 7.11 Å². The third kappa shape index (κ3) is 9.07. The van der Waals surface area contributed by atoms with E-state index >= 15 is 0 Å². The first kappa shape index (κ1) is 32.9. The molecule has 5 heteroatoms. The lowest BCUT2D eigenvalue weighted by Gasteiger charge is -2.15. The lowest BCUT2D eigenvalue weighted by atomic mass is 9.94. The topological polar surface area (TPSA) is 65.0 Å². The van der Waals surface area contributed by atoms with E-state index in [9.17, 15) is 9.90 Å². The van der Waals surface area contributed by atoms with Crippen molar-refractivity contribution in [1.82, 2.24) is 0 Å². The van der Waals surface area contributed by atoms with Crippen LogP contribution < -0.4 is 9.47 Å². The fraction of sp³-hybridized carbons (Fsp3) is 0.390. The third-order valence-corrected chi connectivity index (χ3v) is 8.92. The molecule has 6 rings (SSSR count). The molecule has 0 saturated carbocycles. The molecule has 0 amide bonds. The molecule has 2 aliphatic heterocycles. The Bertz CT molecular complexity index is 1660. The van der Waals surface area contributed by atoms with Crippen molar-refractivity contribution in [2.75, 3.05) is 7.11 Å². The number of ketones is 1. The highest BCUT2D eigenvalue weighted by Gasteiger charge is 2.17. The van der Waals surface area contributed by atoms with Crippen molar-refractivity contribution < 1.29 is 24.1 Å². The lowest BCUT2D eigenvalue weighted by molar-refractivity contribution is -0.121. The standard InChI is InChI=1S/C41H46O5/c1-3-33-27-39(43)37-17-12-24-45-35(16-11-6-4-5-8-13-30-14-9-7-10-15-30)28-34(42)21-18-31-20-23-40(44-2)41(26-31)46-29-32-19-22-36(37)38(33)25-32/h7,9-10,14-15,19-20,22-23,25-27,35,43H,3-6,8,11,13,16-18,21,28-29H2,1-2H3/t35-/m0/s1. The molecule has 5 nitrogen and oxygen atoms in total. The number of hydrogen-bond donors (Lipinski definition) is 1. The molecule has 4 aromatic carbocycles. The third-order valence-electron chi connectivity index (χ3n) is 8.92. The van der Waals surface area contributed by atoms with Crippen molar-refractivity contribution in [2.24, 2.45) is 0 Å². The van der Waals surface area contributed by atoms with Crippen LogP contribution in [0.3, 0.4) is 0 Å². The molecule has 0 aromatic heterocycles. The number of ether oxygens (including phenoxy) is 3. The highest BCUT2D eigenvalue weighted by molar-refractivity contribution is 5.91. The maximum absolute atomic E-state index is 13.1. The SMILES string of the molecule is CCc1cc(O)c2c3ccc(cc13)COc1cc(ccc1OC)CCC(=O)C[C@H](CCCCCCCc1ccccc1)OC#CC2. The van der Waals surface area contributed by atoms with Crippen LogP contribution in [-0.4, -0.2) is 24.1 Å². The van der Waals surface area contributed by atoms with Crippen molar-refractivity contribution in [3.8, 4) is 29.3 Å². The summed E-state index contributed by atoms with van der Waals surface area (Å²) in [5, 5.41) is 13.0. The number of aryl methyl sites for hydroxylation is 3. The predicted molar refractivity (Wildman–Crippen MR) is 184 cm³/mol. The first-order valence-corrected chi connectivity index (χ1v) is 16.8. The number of aromatic hydroxyl groups is 1. The van der Waals surface area contributed by atoms with E-state index < -0.39 is 0 Å². The average Bonchev–Trinajstić information content (AvgIpc) is 3.08. The molecule has 1 atom stereocenters. The zero-order chi connectivity index (χ0) is 32.1. The molecule has 1 N–H and O–H groups in total. The van der Waals surface area contributed by atoms with Crippen LogP contribution in [0.25, 0.3) is 10.8 Å². The van der Waals surface area contributed by atoms with Gasteiger partial charge in [-0.25, -0.2) is 0 Å². The van der Waals surface area contributed by atoms with E-state index in [1.165, 1.54) is 24.8 Å². The molecular formula is C41H46O5. The summed E-state index contributed by atoms with van der Waals surface area (Å²) in [5.74, 6) is 4.87. The first-order chi connectivity index (χ1) is 22.5. The quantitative estimate of drug-likeness (QED) is 0.142. The van der Waals surface area contributed by atoms with Gasteiger partial charge in [0.2, 0.25) is 0 Å². The molecule has 240 valence electrons. The molecule has 0 radical (unpaired) electrons. The summed E-state index contributed by atoms with van der Waals surface area (Å²) in [6.07, 6.45) is 12.8. The molecule has 46 heavy (non-hydrogen) atoms. The van der Waals surface area contributed by atoms with E-state index in [2.05, 4.69) is 55.3 Å². The highest BCUT2D eigenvalue weighted by atomic mass is 16.5. The Balaban J connectivity index is 1.31. The zero-order valence-corrected chi connectivity index (χ0v) is 27.3. The summed E-state index contributed by atoms with van der Waals surface area (Å²) in [7, 11) is 1.64. The normalized spacial score (nSPS) is 15.3. The van der Waals surface area contributed by atoms with Crippen molar-refractivity contribution in [3.63, 3.8) is 0 Å². The van der Waals surface area contributed by atoms with Gasteiger partial charge in [0.05, 0.1) is 7.11 Å². The molecule has 2 aliphatic rings. The number of fused-ring (bicyclic) bond motifs is 9. The maximum Gasteiger partial charge on any atom is 0.161 e. The second kappa shape index (κ2) is 16.8. The van der Waals surface area contributed by atoms with E-state index in [-0.39, 0.29) is 17.6 Å². The van der Waals surface area contributed by atoms with Gasteiger partial charge in [0.15, 0.2) is 11.5 Å². The van der Waals surface area contributed by atoms with Gasteiger partial charge in [0, 0.05) is 24.8 Å². The van der Waals surface area contributed by atoms with Gasteiger partial charge in [-0.2, -0.15) is 0 Å². The van der Waals surface area contributed by atoms with Gasteiger partial charge in [-0.3, -0.25) is 4.79 Å². The van der Waals surface area contributed by atoms with Crippen LogP contribution in [0.4, 0.5) is 0 Å². The Labute approximate surface area is 273 Å². The predicted octanol–water partition coefficient (Wildman–Crippen LogP) is 9.07. The smallest absolute Gasteiger partial charge is 0.161 e. The van der Waals surface area contributed by atoms with Gasteiger partial charge in [-0.1, -0.05) is 80.6 Å². The van der Waals surface area contributed by atoms with E-state index in [0.29, 0.717) is 43.8 Å². The molecule has 4 aromatic rings. The molecule has 0 saturated heterocycles. The highest BCUT2D eigenvalue weighted by Crippen LogP contribution is 2.34. The molecule has 0 fully saturated rings. The summed E-state index contributed by atoms with van der Waals surface area (Å²) >= 11 is 0. The van der Waals surface area contributed by atoms with Crippen molar-refractivity contribution in [2.45, 2.75) is 96.7 Å². The molecule has 6 bridgehead atoms. The van der Waals surface area contributed by atoms with E-state index in [0.717, 1.165) is 65.1 Å². The van der Waals surface area contributed by atoms with Crippen LogP contribution in [-0.2, 0) is 41.8 Å². The second-order valence-electron chi connectivity index (χ2n) is 12.3. The van der Waals surface area contributed by atoms with Crippen molar-refractivity contribution in [3.05, 3.63) is 101 Å². The average molecular weight is 619 g/mol. The number of phenols is 1. The van der Waals surface area contributed by atoms with Crippen molar-refractivity contribution in [1.29, 1.82) is 0 Å². The number of unbranched alkanes of at least 4 members (excludes halogenated alkanes) is 4. The van der Waals surface area contributed by atoms with E-state index in [1.807, 2.05) is 36.4 Å². The number of Topliss-reactive ketones (excluding diaryl/α,β-unsaturated/α-hetero) is 1. The number of rotatable bonds is 10. The summed E-state index contributed by atoms with van der Waals surface area (Å²) < 4.78 is 17.9. The number of benzene rings is 4. The Morgan fingerprint density at radius 2 is 1.70 bits per heavy atom. The van der Waals surface area contributed by atoms with Crippen LogP contribution in [0.2, 0.25) is 0 Å². The fourth-order valence-corrected chi connectivity index (χ4v) is 6.27.